The average Bonchev–Trinajstić information content (AvgIpc) is 3.16. The average molecular weight is 338 g/mol. The molecular formula is C19H18N2O4. The number of benzene rings is 1. The van der Waals surface area contributed by atoms with Crippen molar-refractivity contribution in [1.82, 2.24) is 4.98 Å². The zero-order valence-electron chi connectivity index (χ0n) is 13.9. The maximum absolute atomic E-state index is 12.5. The SMILES string of the molecule is COc1ccc(NC(=O)c2ccc(-c3ccco3)nc2C)cc1CO. The predicted molar refractivity (Wildman–Crippen MR) is 93.5 cm³/mol. The molecule has 0 aliphatic rings. The molecule has 128 valence electrons. The summed E-state index contributed by atoms with van der Waals surface area (Å²) >= 11 is 0. The number of amides is 1. The van der Waals surface area contributed by atoms with Gasteiger partial charge in [0.1, 0.15) is 11.4 Å². The van der Waals surface area contributed by atoms with E-state index < -0.39 is 0 Å². The molecule has 0 bridgehead atoms. The van der Waals surface area contributed by atoms with Crippen molar-refractivity contribution >= 4 is 11.6 Å². The number of pyridine rings is 1. The molecule has 2 heterocycles. The quantitative estimate of drug-likeness (QED) is 0.745. The van der Waals surface area contributed by atoms with Gasteiger partial charge in [0.2, 0.25) is 0 Å². The van der Waals surface area contributed by atoms with Crippen molar-refractivity contribution in [2.75, 3.05) is 12.4 Å². The largest absolute Gasteiger partial charge is 0.496 e. The Hall–Kier alpha value is -3.12. The highest BCUT2D eigenvalue weighted by Crippen LogP contribution is 2.24. The number of aliphatic hydroxyl groups excluding tert-OH is 1. The molecule has 1 amide bonds. The topological polar surface area (TPSA) is 84.6 Å². The van der Waals surface area contributed by atoms with E-state index in [1.807, 2.05) is 6.07 Å². The highest BCUT2D eigenvalue weighted by atomic mass is 16.5. The number of hydrogen-bond donors (Lipinski definition) is 2. The van der Waals surface area contributed by atoms with Crippen LogP contribution in [0.1, 0.15) is 21.6 Å². The van der Waals surface area contributed by atoms with Crippen LogP contribution < -0.4 is 10.1 Å². The highest BCUT2D eigenvalue weighted by molar-refractivity contribution is 6.05. The van der Waals surface area contributed by atoms with Crippen molar-refractivity contribution in [2.24, 2.45) is 0 Å². The Morgan fingerprint density at radius 1 is 1.28 bits per heavy atom. The lowest BCUT2D eigenvalue weighted by Gasteiger charge is -2.11. The Balaban J connectivity index is 1.82. The number of nitrogens with one attached hydrogen (secondary N) is 1. The van der Waals surface area contributed by atoms with E-state index in [-0.39, 0.29) is 12.5 Å². The Morgan fingerprint density at radius 3 is 2.76 bits per heavy atom. The molecule has 3 rings (SSSR count). The number of methoxy groups -OCH3 is 1. The van der Waals surface area contributed by atoms with Crippen LogP contribution in [0.25, 0.3) is 11.5 Å². The third-order valence-electron chi connectivity index (χ3n) is 3.81. The molecule has 0 aliphatic carbocycles. The number of carbonyl (C=O) groups is 1. The van der Waals surface area contributed by atoms with Crippen LogP contribution >= 0.6 is 0 Å². The maximum Gasteiger partial charge on any atom is 0.257 e. The molecule has 0 unspecified atom stereocenters. The maximum atomic E-state index is 12.5. The molecular weight excluding hydrogens is 320 g/mol. The summed E-state index contributed by atoms with van der Waals surface area (Å²) in [7, 11) is 1.53. The molecule has 0 saturated heterocycles. The summed E-state index contributed by atoms with van der Waals surface area (Å²) in [5.41, 5.74) is 2.91. The van der Waals surface area contributed by atoms with Gasteiger partial charge < -0.3 is 19.6 Å². The lowest BCUT2D eigenvalue weighted by atomic mass is 10.1. The van der Waals surface area contributed by atoms with E-state index in [1.165, 1.54) is 7.11 Å². The van der Waals surface area contributed by atoms with E-state index in [0.717, 1.165) is 0 Å². The second kappa shape index (κ2) is 7.19. The molecule has 3 aromatic rings. The summed E-state index contributed by atoms with van der Waals surface area (Å²) < 4.78 is 10.5. The summed E-state index contributed by atoms with van der Waals surface area (Å²) in [5.74, 6) is 0.948. The van der Waals surface area contributed by atoms with Gasteiger partial charge in [0.05, 0.1) is 31.2 Å². The van der Waals surface area contributed by atoms with Gasteiger partial charge in [-0.15, -0.1) is 0 Å². The highest BCUT2D eigenvalue weighted by Gasteiger charge is 2.13. The molecule has 0 atom stereocenters. The van der Waals surface area contributed by atoms with Gasteiger partial charge in [-0.05, 0) is 49.4 Å². The van der Waals surface area contributed by atoms with Crippen molar-refractivity contribution in [3.8, 4) is 17.2 Å². The van der Waals surface area contributed by atoms with E-state index in [2.05, 4.69) is 10.3 Å². The third kappa shape index (κ3) is 3.54. The van der Waals surface area contributed by atoms with Crippen molar-refractivity contribution < 1.29 is 19.1 Å². The minimum atomic E-state index is -0.273. The molecule has 0 fully saturated rings. The summed E-state index contributed by atoms with van der Waals surface area (Å²) in [6.45, 7) is 1.60. The summed E-state index contributed by atoms with van der Waals surface area (Å²) in [6, 6.07) is 12.2. The number of rotatable bonds is 5. The number of ether oxygens (including phenoxy) is 1. The molecule has 0 spiro atoms. The second-order valence-corrected chi connectivity index (χ2v) is 5.45. The van der Waals surface area contributed by atoms with Crippen molar-refractivity contribution in [3.63, 3.8) is 0 Å². The third-order valence-corrected chi connectivity index (χ3v) is 3.81. The molecule has 0 radical (unpaired) electrons. The normalized spacial score (nSPS) is 10.5. The van der Waals surface area contributed by atoms with Crippen molar-refractivity contribution in [2.45, 2.75) is 13.5 Å². The smallest absolute Gasteiger partial charge is 0.257 e. The zero-order chi connectivity index (χ0) is 17.8. The van der Waals surface area contributed by atoms with Gasteiger partial charge in [0.15, 0.2) is 5.76 Å². The van der Waals surface area contributed by atoms with E-state index in [4.69, 9.17) is 9.15 Å². The second-order valence-electron chi connectivity index (χ2n) is 5.45. The minimum absolute atomic E-state index is 0.175. The summed E-state index contributed by atoms with van der Waals surface area (Å²) in [5, 5.41) is 12.2. The molecule has 6 nitrogen and oxygen atoms in total. The fourth-order valence-corrected chi connectivity index (χ4v) is 2.54. The minimum Gasteiger partial charge on any atom is -0.496 e. The lowest BCUT2D eigenvalue weighted by molar-refractivity contribution is 0.102. The van der Waals surface area contributed by atoms with Crippen molar-refractivity contribution in [1.29, 1.82) is 0 Å². The van der Waals surface area contributed by atoms with Crippen LogP contribution in [-0.4, -0.2) is 23.1 Å². The number of hydrogen-bond acceptors (Lipinski definition) is 5. The van der Waals surface area contributed by atoms with Gasteiger partial charge in [0.25, 0.3) is 5.91 Å². The molecule has 2 N–H and O–H groups in total. The van der Waals surface area contributed by atoms with Crippen LogP contribution in [-0.2, 0) is 6.61 Å². The fourth-order valence-electron chi connectivity index (χ4n) is 2.54. The molecule has 1 aromatic carbocycles. The van der Waals surface area contributed by atoms with E-state index in [1.54, 1.807) is 49.6 Å². The number of aromatic nitrogens is 1. The van der Waals surface area contributed by atoms with Crippen LogP contribution in [0.3, 0.4) is 0 Å². The van der Waals surface area contributed by atoms with Crippen LogP contribution in [0.5, 0.6) is 5.75 Å². The summed E-state index contributed by atoms with van der Waals surface area (Å²) in [4.78, 5) is 16.9. The fraction of sp³-hybridized carbons (Fsp3) is 0.158. The van der Waals surface area contributed by atoms with E-state index >= 15 is 0 Å². The van der Waals surface area contributed by atoms with Gasteiger partial charge in [-0.1, -0.05) is 0 Å². The number of carbonyl (C=O) groups excluding carboxylic acids is 1. The molecule has 6 heteroatoms. The van der Waals surface area contributed by atoms with Gasteiger partial charge >= 0.3 is 0 Å². The Bertz CT molecular complexity index is 888. The first-order valence-corrected chi connectivity index (χ1v) is 7.73. The first-order valence-electron chi connectivity index (χ1n) is 7.73. The van der Waals surface area contributed by atoms with Crippen LogP contribution in [0.2, 0.25) is 0 Å². The van der Waals surface area contributed by atoms with Crippen LogP contribution in [0.4, 0.5) is 5.69 Å². The van der Waals surface area contributed by atoms with Gasteiger partial charge in [-0.25, -0.2) is 4.98 Å². The Morgan fingerprint density at radius 2 is 2.12 bits per heavy atom. The standard InChI is InChI=1S/C19H18N2O4/c1-12-15(6-7-16(20-12)18-4-3-9-25-18)19(23)21-14-5-8-17(24-2)13(10-14)11-22/h3-10,22H,11H2,1-2H3,(H,21,23). The Kier molecular flexibility index (Phi) is 4.81. The van der Waals surface area contributed by atoms with Gasteiger partial charge in [-0.3, -0.25) is 4.79 Å². The van der Waals surface area contributed by atoms with Gasteiger partial charge in [0, 0.05) is 11.3 Å². The lowest BCUT2D eigenvalue weighted by Crippen LogP contribution is -2.14. The molecule has 0 aliphatic heterocycles. The van der Waals surface area contributed by atoms with E-state index in [9.17, 15) is 9.90 Å². The number of furan rings is 1. The Labute approximate surface area is 145 Å². The molecule has 0 saturated carbocycles. The monoisotopic (exact) mass is 338 g/mol. The first-order chi connectivity index (χ1) is 12.1. The van der Waals surface area contributed by atoms with Crippen LogP contribution in [0, 0.1) is 6.92 Å². The predicted octanol–water partition coefficient (Wildman–Crippen LogP) is 3.40. The van der Waals surface area contributed by atoms with E-state index in [0.29, 0.717) is 39.7 Å². The molecule has 2 aromatic heterocycles. The zero-order valence-corrected chi connectivity index (χ0v) is 13.9. The van der Waals surface area contributed by atoms with Gasteiger partial charge in [-0.2, -0.15) is 0 Å². The number of aryl methyl sites for hydroxylation is 1. The number of aliphatic hydroxyl groups is 1. The van der Waals surface area contributed by atoms with Crippen LogP contribution in [0.15, 0.2) is 53.1 Å². The number of nitrogens with zero attached hydrogens (tertiary/aromatic N) is 1. The van der Waals surface area contributed by atoms with Crippen molar-refractivity contribution in [3.05, 3.63) is 65.5 Å². The number of anilines is 1. The first kappa shape index (κ1) is 16.7. The molecule has 25 heavy (non-hydrogen) atoms. The summed E-state index contributed by atoms with van der Waals surface area (Å²) in [6.07, 6.45) is 1.58.